The van der Waals surface area contributed by atoms with Gasteiger partial charge >= 0.3 is 0 Å². The number of aliphatic hydroxyl groups excluding tert-OH is 4. The zero-order valence-corrected chi connectivity index (χ0v) is 9.35. The number of hydrogen-bond donors (Lipinski definition) is 5. The topological polar surface area (TPSA) is 119 Å². The normalized spacial score (nSPS) is 38.3. The van der Waals surface area contributed by atoms with E-state index in [0.29, 0.717) is 0 Å². The predicted octanol–water partition coefficient (Wildman–Crippen LogP) is -2.52. The summed E-state index contributed by atoms with van der Waals surface area (Å²) in [6, 6.07) is -1.14. The Morgan fingerprint density at radius 2 is 2.00 bits per heavy atom. The van der Waals surface area contributed by atoms with Gasteiger partial charge in [-0.15, -0.1) is 0 Å². The smallest absolute Gasteiger partial charge is 0.244 e. The van der Waals surface area contributed by atoms with Crippen molar-refractivity contribution in [2.24, 2.45) is 0 Å². The van der Waals surface area contributed by atoms with E-state index in [2.05, 4.69) is 5.32 Å². The van der Waals surface area contributed by atoms with Crippen LogP contribution in [-0.4, -0.2) is 63.6 Å². The predicted molar refractivity (Wildman–Crippen MR) is 56.7 cm³/mol. The van der Waals surface area contributed by atoms with Crippen molar-refractivity contribution in [1.29, 1.82) is 0 Å². The molecule has 1 rings (SSSR count). The molecule has 0 radical (unpaired) electrons. The van der Waals surface area contributed by atoms with Crippen LogP contribution in [-0.2, 0) is 9.53 Å². The highest BCUT2D eigenvalue weighted by molar-refractivity contribution is 5.87. The molecule has 5 atom stereocenters. The Balaban J connectivity index is 2.69. The Hall–Kier alpha value is -0.990. The fourth-order valence-electron chi connectivity index (χ4n) is 1.62. The fourth-order valence-corrected chi connectivity index (χ4v) is 1.62. The summed E-state index contributed by atoms with van der Waals surface area (Å²) < 4.78 is 4.87. The van der Waals surface area contributed by atoms with Crippen molar-refractivity contribution in [2.75, 3.05) is 6.61 Å². The molecule has 1 aliphatic rings. The van der Waals surface area contributed by atoms with Crippen LogP contribution >= 0.6 is 0 Å². The molecule has 98 valence electrons. The van der Waals surface area contributed by atoms with E-state index in [1.165, 1.54) is 12.2 Å². The van der Waals surface area contributed by atoms with E-state index in [0.717, 1.165) is 0 Å². The summed E-state index contributed by atoms with van der Waals surface area (Å²) >= 11 is 0. The molecular weight excluding hydrogens is 230 g/mol. The van der Waals surface area contributed by atoms with Gasteiger partial charge in [-0.2, -0.15) is 0 Å². The van der Waals surface area contributed by atoms with Crippen molar-refractivity contribution in [2.45, 2.75) is 37.6 Å². The van der Waals surface area contributed by atoms with Crippen LogP contribution in [0.15, 0.2) is 12.2 Å². The van der Waals surface area contributed by atoms with E-state index in [-0.39, 0.29) is 0 Å². The number of allylic oxidation sites excluding steroid dienone is 1. The van der Waals surface area contributed by atoms with Crippen molar-refractivity contribution >= 4 is 5.91 Å². The SMILES string of the molecule is CC=CC(=O)N[C@@H]1C(O)O[C@H](CO)[C@@H](O)[C@@H]1O. The van der Waals surface area contributed by atoms with Crippen LogP contribution in [0.4, 0.5) is 0 Å². The van der Waals surface area contributed by atoms with Crippen molar-refractivity contribution in [1.82, 2.24) is 5.32 Å². The average molecular weight is 247 g/mol. The minimum absolute atomic E-state index is 0.520. The van der Waals surface area contributed by atoms with Gasteiger partial charge < -0.3 is 30.5 Å². The molecule has 17 heavy (non-hydrogen) atoms. The maximum Gasteiger partial charge on any atom is 0.244 e. The molecule has 0 aliphatic carbocycles. The fraction of sp³-hybridized carbons (Fsp3) is 0.700. The number of ether oxygens (including phenoxy) is 1. The number of aliphatic hydroxyl groups is 4. The molecule has 0 aromatic heterocycles. The van der Waals surface area contributed by atoms with Gasteiger partial charge in [0.25, 0.3) is 0 Å². The lowest BCUT2D eigenvalue weighted by Crippen LogP contribution is -2.64. The molecule has 7 nitrogen and oxygen atoms in total. The Kier molecular flexibility index (Phi) is 5.03. The summed E-state index contributed by atoms with van der Waals surface area (Å²) in [6.45, 7) is 1.10. The van der Waals surface area contributed by atoms with Crippen molar-refractivity contribution < 1.29 is 30.0 Å². The number of carbonyl (C=O) groups excluding carboxylic acids is 1. The molecule has 0 spiro atoms. The quantitative estimate of drug-likeness (QED) is 0.351. The van der Waals surface area contributed by atoms with E-state index >= 15 is 0 Å². The monoisotopic (exact) mass is 247 g/mol. The highest BCUT2D eigenvalue weighted by Crippen LogP contribution is 2.19. The van der Waals surface area contributed by atoms with Crippen LogP contribution < -0.4 is 5.32 Å². The maximum absolute atomic E-state index is 11.3. The summed E-state index contributed by atoms with van der Waals surface area (Å²) in [6.07, 6.45) is -2.65. The maximum atomic E-state index is 11.3. The number of carbonyl (C=O) groups is 1. The van der Waals surface area contributed by atoms with Gasteiger partial charge in [0, 0.05) is 0 Å². The zero-order valence-electron chi connectivity index (χ0n) is 9.35. The average Bonchev–Trinajstić information content (AvgIpc) is 2.29. The molecule has 0 saturated carbocycles. The Bertz CT molecular complexity index is 295. The molecule has 0 aromatic carbocycles. The molecule has 0 bridgehead atoms. The number of amides is 1. The van der Waals surface area contributed by atoms with Crippen LogP contribution in [0.2, 0.25) is 0 Å². The molecule has 1 aliphatic heterocycles. The van der Waals surface area contributed by atoms with E-state index in [1.54, 1.807) is 6.92 Å². The van der Waals surface area contributed by atoms with Crippen LogP contribution in [0.5, 0.6) is 0 Å². The van der Waals surface area contributed by atoms with Gasteiger partial charge in [-0.3, -0.25) is 4.79 Å². The second-order valence-corrected chi connectivity index (χ2v) is 3.76. The standard InChI is InChI=1S/C10H17NO6/c1-2-3-6(13)11-7-9(15)8(14)5(4-12)17-10(7)16/h2-3,5,7-10,12,14-16H,4H2,1H3,(H,11,13)/t5-,7+,8-,9-,10?/m1/s1. The van der Waals surface area contributed by atoms with Gasteiger partial charge in [0.15, 0.2) is 6.29 Å². The third kappa shape index (κ3) is 3.24. The lowest BCUT2D eigenvalue weighted by Gasteiger charge is -2.40. The van der Waals surface area contributed by atoms with Crippen LogP contribution in [0.3, 0.4) is 0 Å². The Morgan fingerprint density at radius 3 is 2.53 bits per heavy atom. The minimum Gasteiger partial charge on any atom is -0.394 e. The van der Waals surface area contributed by atoms with Gasteiger partial charge in [0.05, 0.1) is 6.61 Å². The summed E-state index contributed by atoms with van der Waals surface area (Å²) in [4.78, 5) is 11.3. The van der Waals surface area contributed by atoms with E-state index in [9.17, 15) is 20.1 Å². The molecular formula is C10H17NO6. The first kappa shape index (κ1) is 14.1. The van der Waals surface area contributed by atoms with Crippen molar-refractivity contribution in [3.8, 4) is 0 Å². The van der Waals surface area contributed by atoms with E-state index in [1.807, 2.05) is 0 Å². The third-order valence-electron chi connectivity index (χ3n) is 2.53. The minimum atomic E-state index is -1.49. The first-order valence-corrected chi connectivity index (χ1v) is 5.25. The molecule has 1 amide bonds. The first-order valence-electron chi connectivity index (χ1n) is 5.25. The highest BCUT2D eigenvalue weighted by Gasteiger charge is 2.43. The first-order chi connectivity index (χ1) is 8.01. The second kappa shape index (κ2) is 6.08. The van der Waals surface area contributed by atoms with E-state index in [4.69, 9.17) is 9.84 Å². The van der Waals surface area contributed by atoms with Gasteiger partial charge in [-0.05, 0) is 13.0 Å². The molecule has 1 fully saturated rings. The molecule has 5 N–H and O–H groups in total. The third-order valence-corrected chi connectivity index (χ3v) is 2.53. The van der Waals surface area contributed by atoms with Gasteiger partial charge in [0.2, 0.25) is 5.91 Å². The number of hydrogen-bond acceptors (Lipinski definition) is 6. The largest absolute Gasteiger partial charge is 0.394 e. The van der Waals surface area contributed by atoms with Gasteiger partial charge in [-0.25, -0.2) is 0 Å². The van der Waals surface area contributed by atoms with Crippen LogP contribution in [0, 0.1) is 0 Å². The van der Waals surface area contributed by atoms with Crippen LogP contribution in [0.25, 0.3) is 0 Å². The summed E-state index contributed by atoms with van der Waals surface area (Å²) in [5.41, 5.74) is 0. The highest BCUT2D eigenvalue weighted by atomic mass is 16.6. The Morgan fingerprint density at radius 1 is 1.35 bits per heavy atom. The van der Waals surface area contributed by atoms with Crippen LogP contribution in [0.1, 0.15) is 6.92 Å². The summed E-state index contributed by atoms with van der Waals surface area (Å²) in [5.74, 6) is -0.520. The van der Waals surface area contributed by atoms with Crippen molar-refractivity contribution in [3.05, 3.63) is 12.2 Å². The molecule has 1 saturated heterocycles. The molecule has 0 aromatic rings. The lowest BCUT2D eigenvalue weighted by atomic mass is 9.97. The molecule has 7 heteroatoms. The molecule has 1 heterocycles. The van der Waals surface area contributed by atoms with Crippen molar-refractivity contribution in [3.63, 3.8) is 0 Å². The summed E-state index contributed by atoms with van der Waals surface area (Å²) in [7, 11) is 0. The van der Waals surface area contributed by atoms with Gasteiger partial charge in [-0.1, -0.05) is 6.08 Å². The number of nitrogens with one attached hydrogen (secondary N) is 1. The second-order valence-electron chi connectivity index (χ2n) is 3.76. The zero-order chi connectivity index (χ0) is 13.0. The lowest BCUT2D eigenvalue weighted by molar-refractivity contribution is -0.253. The number of rotatable bonds is 3. The van der Waals surface area contributed by atoms with E-state index < -0.39 is 43.2 Å². The molecule has 1 unspecified atom stereocenters. The Labute approximate surface area is 98.3 Å². The summed E-state index contributed by atoms with van der Waals surface area (Å²) in [5, 5.41) is 39.9. The van der Waals surface area contributed by atoms with Gasteiger partial charge in [0.1, 0.15) is 24.4 Å².